The molecule has 0 saturated carbocycles. The molecule has 1 heterocycles. The van der Waals surface area contributed by atoms with Gasteiger partial charge in [-0.25, -0.2) is 0 Å². The van der Waals surface area contributed by atoms with Gasteiger partial charge in [-0.1, -0.05) is 0 Å². The van der Waals surface area contributed by atoms with Crippen molar-refractivity contribution in [2.75, 3.05) is 6.61 Å². The van der Waals surface area contributed by atoms with Crippen molar-refractivity contribution in [1.82, 2.24) is 5.32 Å². The Morgan fingerprint density at radius 1 is 1.26 bits per heavy atom. The first kappa shape index (κ1) is 17.0. The molecule has 1 aromatic carbocycles. The van der Waals surface area contributed by atoms with Gasteiger partial charge in [-0.3, -0.25) is 9.59 Å². The number of nitrogens with one attached hydrogen (secondary N) is 1. The van der Waals surface area contributed by atoms with Crippen LogP contribution in [0.15, 0.2) is 30.3 Å². The summed E-state index contributed by atoms with van der Waals surface area (Å²) in [6.07, 6.45) is 0. The Kier molecular flexibility index (Phi) is 5.39. The zero-order valence-electron chi connectivity index (χ0n) is 13.4. The van der Waals surface area contributed by atoms with Gasteiger partial charge in [0, 0.05) is 15.3 Å². The van der Waals surface area contributed by atoms with Crippen LogP contribution in [0.4, 0.5) is 0 Å². The fourth-order valence-corrected chi connectivity index (χ4v) is 3.32. The first-order valence-electron chi connectivity index (χ1n) is 7.25. The summed E-state index contributed by atoms with van der Waals surface area (Å²) in [5, 5.41) is 2.99. The van der Waals surface area contributed by atoms with E-state index in [2.05, 4.69) is 25.2 Å². The molecule has 0 fully saturated rings. The first-order chi connectivity index (χ1) is 10.9. The Morgan fingerprint density at radius 2 is 1.91 bits per heavy atom. The molecule has 3 N–H and O–H groups in total. The minimum absolute atomic E-state index is 0.0572. The third kappa shape index (κ3) is 4.56. The first-order valence-corrected chi connectivity index (χ1v) is 8.07. The quantitative estimate of drug-likeness (QED) is 0.853. The number of rotatable bonds is 6. The fourth-order valence-electron chi connectivity index (χ4n) is 2.30. The molecule has 0 aliphatic carbocycles. The van der Waals surface area contributed by atoms with E-state index in [4.69, 9.17) is 10.5 Å². The Labute approximate surface area is 139 Å². The van der Waals surface area contributed by atoms with Crippen LogP contribution in [0.5, 0.6) is 5.75 Å². The van der Waals surface area contributed by atoms with Crippen LogP contribution in [0, 0.1) is 13.8 Å². The van der Waals surface area contributed by atoms with Crippen LogP contribution in [0.2, 0.25) is 0 Å². The molecule has 0 aliphatic heterocycles. The molecule has 2 amide bonds. The number of thiophene rings is 1. The summed E-state index contributed by atoms with van der Waals surface area (Å²) in [5.74, 6) is -0.193. The standard InChI is InChI=1S/C17H20N2O3S/c1-10-8-15(12(3)23-10)11(2)19-17(21)13-4-6-14(7-5-13)22-9-16(18)20/h4-8,11H,9H2,1-3H3,(H2,18,20)(H,19,21)/t11-/m0/s1. The molecule has 0 radical (unpaired) electrons. The minimum Gasteiger partial charge on any atom is -0.484 e. The van der Waals surface area contributed by atoms with Crippen LogP contribution in [0.1, 0.15) is 38.6 Å². The molecule has 5 nitrogen and oxygen atoms in total. The summed E-state index contributed by atoms with van der Waals surface area (Å²) >= 11 is 1.72. The lowest BCUT2D eigenvalue weighted by Gasteiger charge is -2.14. The van der Waals surface area contributed by atoms with Gasteiger partial charge in [0.1, 0.15) is 5.75 Å². The number of nitrogens with two attached hydrogens (primary N) is 1. The van der Waals surface area contributed by atoms with Gasteiger partial charge in [-0.15, -0.1) is 11.3 Å². The van der Waals surface area contributed by atoms with E-state index in [0.29, 0.717) is 11.3 Å². The topological polar surface area (TPSA) is 81.4 Å². The third-order valence-corrected chi connectivity index (χ3v) is 4.37. The summed E-state index contributed by atoms with van der Waals surface area (Å²) in [6, 6.07) is 8.64. The van der Waals surface area contributed by atoms with E-state index in [0.717, 1.165) is 5.56 Å². The largest absolute Gasteiger partial charge is 0.484 e. The number of ether oxygens (including phenoxy) is 1. The summed E-state index contributed by atoms with van der Waals surface area (Å²) < 4.78 is 5.17. The lowest BCUT2D eigenvalue weighted by Crippen LogP contribution is -2.26. The predicted molar refractivity (Wildman–Crippen MR) is 90.8 cm³/mol. The van der Waals surface area contributed by atoms with E-state index in [9.17, 15) is 9.59 Å². The molecular formula is C17H20N2O3S. The second-order valence-corrected chi connectivity index (χ2v) is 6.80. The number of hydrogen-bond donors (Lipinski definition) is 2. The SMILES string of the molecule is Cc1cc([C@H](C)NC(=O)c2ccc(OCC(N)=O)cc2)c(C)s1. The molecule has 2 aromatic rings. The third-order valence-electron chi connectivity index (χ3n) is 3.39. The molecule has 6 heteroatoms. The van der Waals surface area contributed by atoms with E-state index < -0.39 is 5.91 Å². The van der Waals surface area contributed by atoms with Crippen LogP contribution >= 0.6 is 11.3 Å². The average molecular weight is 332 g/mol. The lowest BCUT2D eigenvalue weighted by atomic mass is 10.1. The fraction of sp³-hybridized carbons (Fsp3) is 0.294. The van der Waals surface area contributed by atoms with Gasteiger partial charge in [0.25, 0.3) is 11.8 Å². The highest BCUT2D eigenvalue weighted by Crippen LogP contribution is 2.26. The molecule has 2 rings (SSSR count). The monoisotopic (exact) mass is 332 g/mol. The molecular weight excluding hydrogens is 312 g/mol. The van der Waals surface area contributed by atoms with Crippen LogP contribution in [0.3, 0.4) is 0 Å². The van der Waals surface area contributed by atoms with Crippen LogP contribution < -0.4 is 15.8 Å². The van der Waals surface area contributed by atoms with E-state index in [1.54, 1.807) is 35.6 Å². The molecule has 23 heavy (non-hydrogen) atoms. The van der Waals surface area contributed by atoms with Crippen molar-refractivity contribution < 1.29 is 14.3 Å². The van der Waals surface area contributed by atoms with Gasteiger partial charge < -0.3 is 15.8 Å². The highest BCUT2D eigenvalue weighted by Gasteiger charge is 2.15. The normalized spacial score (nSPS) is 11.8. The van der Waals surface area contributed by atoms with Gasteiger partial charge in [-0.2, -0.15) is 0 Å². The Morgan fingerprint density at radius 3 is 2.43 bits per heavy atom. The Bertz CT molecular complexity index is 707. The molecule has 0 spiro atoms. The number of carbonyl (C=O) groups excluding carboxylic acids is 2. The van der Waals surface area contributed by atoms with Crippen molar-refractivity contribution in [3.05, 3.63) is 51.2 Å². The minimum atomic E-state index is -0.540. The molecule has 0 unspecified atom stereocenters. The number of aryl methyl sites for hydroxylation is 2. The van der Waals surface area contributed by atoms with E-state index in [1.165, 1.54) is 9.75 Å². The molecule has 0 aliphatic rings. The summed E-state index contributed by atoms with van der Waals surface area (Å²) in [6.45, 7) is 5.90. The zero-order chi connectivity index (χ0) is 17.0. The highest BCUT2D eigenvalue weighted by molar-refractivity contribution is 7.12. The van der Waals surface area contributed by atoms with Gasteiger partial charge in [-0.05, 0) is 56.7 Å². The van der Waals surface area contributed by atoms with Gasteiger partial charge in [0.2, 0.25) is 0 Å². The second-order valence-electron chi connectivity index (χ2n) is 5.34. The van der Waals surface area contributed by atoms with Crippen molar-refractivity contribution in [3.63, 3.8) is 0 Å². The number of carbonyl (C=O) groups is 2. The number of amides is 2. The smallest absolute Gasteiger partial charge is 0.255 e. The van der Waals surface area contributed by atoms with Gasteiger partial charge in [0.15, 0.2) is 6.61 Å². The van der Waals surface area contributed by atoms with E-state index in [-0.39, 0.29) is 18.6 Å². The van der Waals surface area contributed by atoms with Crippen molar-refractivity contribution in [1.29, 1.82) is 0 Å². The van der Waals surface area contributed by atoms with Crippen molar-refractivity contribution >= 4 is 23.2 Å². The van der Waals surface area contributed by atoms with Gasteiger partial charge in [0.05, 0.1) is 6.04 Å². The van der Waals surface area contributed by atoms with Crippen molar-refractivity contribution in [3.8, 4) is 5.75 Å². The molecule has 1 atom stereocenters. The van der Waals surface area contributed by atoms with Crippen LogP contribution in [-0.4, -0.2) is 18.4 Å². The Balaban J connectivity index is 2.00. The maximum absolute atomic E-state index is 12.3. The van der Waals surface area contributed by atoms with Gasteiger partial charge >= 0.3 is 0 Å². The number of benzene rings is 1. The average Bonchev–Trinajstić information content (AvgIpc) is 2.84. The Hall–Kier alpha value is -2.34. The maximum Gasteiger partial charge on any atom is 0.255 e. The van der Waals surface area contributed by atoms with E-state index >= 15 is 0 Å². The zero-order valence-corrected chi connectivity index (χ0v) is 14.2. The molecule has 122 valence electrons. The maximum atomic E-state index is 12.3. The number of hydrogen-bond acceptors (Lipinski definition) is 4. The molecule has 0 saturated heterocycles. The lowest BCUT2D eigenvalue weighted by molar-refractivity contribution is -0.119. The number of primary amides is 1. The highest BCUT2D eigenvalue weighted by atomic mass is 32.1. The van der Waals surface area contributed by atoms with Crippen LogP contribution in [-0.2, 0) is 4.79 Å². The van der Waals surface area contributed by atoms with Crippen molar-refractivity contribution in [2.24, 2.45) is 5.73 Å². The van der Waals surface area contributed by atoms with E-state index in [1.807, 2.05) is 6.92 Å². The summed E-state index contributed by atoms with van der Waals surface area (Å²) in [7, 11) is 0. The molecule has 1 aromatic heterocycles. The molecule has 0 bridgehead atoms. The summed E-state index contributed by atoms with van der Waals surface area (Å²) in [4.78, 5) is 25.4. The summed E-state index contributed by atoms with van der Waals surface area (Å²) in [5.41, 5.74) is 6.69. The van der Waals surface area contributed by atoms with Crippen LogP contribution in [0.25, 0.3) is 0 Å². The second kappa shape index (κ2) is 7.28. The predicted octanol–water partition coefficient (Wildman–Crippen LogP) is 2.72. The van der Waals surface area contributed by atoms with Crippen molar-refractivity contribution in [2.45, 2.75) is 26.8 Å².